The number of hydrogen-bond donors (Lipinski definition) is 1. The summed E-state index contributed by atoms with van der Waals surface area (Å²) in [5.74, 6) is 0.458. The fraction of sp³-hybridized carbons (Fsp3) is 0.300. The van der Waals surface area contributed by atoms with Gasteiger partial charge < -0.3 is 4.98 Å². The van der Waals surface area contributed by atoms with E-state index >= 15 is 0 Å². The molecule has 0 aromatic carbocycles. The summed E-state index contributed by atoms with van der Waals surface area (Å²) in [6, 6.07) is 3.94. The predicted molar refractivity (Wildman–Crippen MR) is 52.1 cm³/mol. The predicted octanol–water partition coefficient (Wildman–Crippen LogP) is 1.75. The molecule has 0 atom stereocenters. The van der Waals surface area contributed by atoms with Gasteiger partial charge in [0.15, 0.2) is 0 Å². The molecule has 0 aliphatic heterocycles. The van der Waals surface area contributed by atoms with Crippen molar-refractivity contribution < 1.29 is 0 Å². The normalized spacial score (nSPS) is 11.3. The Morgan fingerprint density at radius 1 is 1.46 bits per heavy atom. The van der Waals surface area contributed by atoms with Gasteiger partial charge in [-0.25, -0.2) is 4.79 Å². The fourth-order valence-corrected chi connectivity index (χ4v) is 1.39. The van der Waals surface area contributed by atoms with Crippen LogP contribution >= 0.6 is 0 Å². The number of H-pyrrole nitrogens is 1. The van der Waals surface area contributed by atoms with Gasteiger partial charge in [0, 0.05) is 12.4 Å². The Bertz CT molecular complexity index is 479. The highest BCUT2D eigenvalue weighted by Crippen LogP contribution is 2.16. The summed E-state index contributed by atoms with van der Waals surface area (Å²) in [5.41, 5.74) is 2.06. The lowest BCUT2D eigenvalue weighted by Crippen LogP contribution is -2.13. The molecule has 3 nitrogen and oxygen atoms in total. The molecule has 0 bridgehead atoms. The topological polar surface area (TPSA) is 37.3 Å². The zero-order valence-electron chi connectivity index (χ0n) is 7.74. The van der Waals surface area contributed by atoms with Gasteiger partial charge in [0.2, 0.25) is 0 Å². The van der Waals surface area contributed by atoms with Gasteiger partial charge >= 0.3 is 5.69 Å². The molecule has 0 aliphatic carbocycles. The van der Waals surface area contributed by atoms with Crippen LogP contribution in [0.5, 0.6) is 0 Å². The fourth-order valence-electron chi connectivity index (χ4n) is 1.39. The first-order valence-electron chi connectivity index (χ1n) is 4.38. The number of hydrogen-bond acceptors (Lipinski definition) is 1. The van der Waals surface area contributed by atoms with E-state index in [1.165, 1.54) is 5.56 Å². The molecule has 2 rings (SSSR count). The van der Waals surface area contributed by atoms with E-state index in [1.54, 1.807) is 10.6 Å². The lowest BCUT2D eigenvalue weighted by atomic mass is 10.1. The maximum atomic E-state index is 11.3. The molecule has 3 heteroatoms. The summed E-state index contributed by atoms with van der Waals surface area (Å²) < 4.78 is 1.63. The van der Waals surface area contributed by atoms with E-state index in [9.17, 15) is 4.79 Å². The first kappa shape index (κ1) is 8.10. The Labute approximate surface area is 76.0 Å². The highest BCUT2D eigenvalue weighted by Gasteiger charge is 2.03. The van der Waals surface area contributed by atoms with E-state index in [0.29, 0.717) is 5.92 Å². The standard InChI is InChI=1S/C10H12N2O/c1-7(2)8-5-9-3-4-11-10(13)12(9)6-8/h3-7H,1-2H3,(H,11,13). The van der Waals surface area contributed by atoms with E-state index < -0.39 is 0 Å². The maximum absolute atomic E-state index is 11.3. The van der Waals surface area contributed by atoms with Crippen molar-refractivity contribution in [3.05, 3.63) is 40.6 Å². The van der Waals surface area contributed by atoms with Gasteiger partial charge in [-0.05, 0) is 23.6 Å². The Balaban J connectivity index is 2.76. The molecular formula is C10H12N2O. The lowest BCUT2D eigenvalue weighted by Gasteiger charge is -1.96. The van der Waals surface area contributed by atoms with Crippen LogP contribution in [-0.4, -0.2) is 9.38 Å². The molecule has 0 fully saturated rings. The number of fused-ring (bicyclic) bond motifs is 1. The van der Waals surface area contributed by atoms with Crippen molar-refractivity contribution in [1.82, 2.24) is 9.38 Å². The molecule has 0 unspecified atom stereocenters. The van der Waals surface area contributed by atoms with E-state index in [2.05, 4.69) is 18.8 Å². The minimum Gasteiger partial charge on any atom is -0.314 e. The van der Waals surface area contributed by atoms with Crippen LogP contribution in [-0.2, 0) is 0 Å². The first-order chi connectivity index (χ1) is 6.18. The van der Waals surface area contributed by atoms with E-state index in [0.717, 1.165) is 5.52 Å². The van der Waals surface area contributed by atoms with Crippen molar-refractivity contribution in [1.29, 1.82) is 0 Å². The van der Waals surface area contributed by atoms with Crippen LogP contribution in [0, 0.1) is 0 Å². The van der Waals surface area contributed by atoms with E-state index in [-0.39, 0.29) is 5.69 Å². The summed E-state index contributed by atoms with van der Waals surface area (Å²) in [6.07, 6.45) is 3.56. The van der Waals surface area contributed by atoms with Crippen LogP contribution in [0.2, 0.25) is 0 Å². The van der Waals surface area contributed by atoms with Crippen LogP contribution in [0.3, 0.4) is 0 Å². The Morgan fingerprint density at radius 3 is 2.85 bits per heavy atom. The lowest BCUT2D eigenvalue weighted by molar-refractivity contribution is 0.862. The highest BCUT2D eigenvalue weighted by molar-refractivity contribution is 5.49. The second kappa shape index (κ2) is 2.76. The van der Waals surface area contributed by atoms with Gasteiger partial charge in [-0.1, -0.05) is 13.8 Å². The van der Waals surface area contributed by atoms with Gasteiger partial charge in [0.1, 0.15) is 0 Å². The largest absolute Gasteiger partial charge is 0.329 e. The third-order valence-corrected chi connectivity index (χ3v) is 2.22. The molecule has 1 N–H and O–H groups in total. The summed E-state index contributed by atoms with van der Waals surface area (Å²) in [7, 11) is 0. The van der Waals surface area contributed by atoms with Gasteiger partial charge in [-0.3, -0.25) is 4.40 Å². The molecular weight excluding hydrogens is 164 g/mol. The Hall–Kier alpha value is -1.51. The van der Waals surface area contributed by atoms with Crippen LogP contribution < -0.4 is 5.69 Å². The van der Waals surface area contributed by atoms with Gasteiger partial charge in [-0.15, -0.1) is 0 Å². The van der Waals surface area contributed by atoms with Crippen LogP contribution in [0.25, 0.3) is 5.52 Å². The highest BCUT2D eigenvalue weighted by atomic mass is 16.1. The molecule has 0 aliphatic rings. The zero-order valence-corrected chi connectivity index (χ0v) is 7.74. The molecule has 2 heterocycles. The second-order valence-corrected chi connectivity index (χ2v) is 3.51. The van der Waals surface area contributed by atoms with Crippen molar-refractivity contribution in [2.75, 3.05) is 0 Å². The van der Waals surface area contributed by atoms with Crippen molar-refractivity contribution in [3.63, 3.8) is 0 Å². The van der Waals surface area contributed by atoms with E-state index in [1.807, 2.05) is 18.3 Å². The Morgan fingerprint density at radius 2 is 2.23 bits per heavy atom. The zero-order chi connectivity index (χ0) is 9.42. The molecule has 2 aromatic heterocycles. The summed E-state index contributed by atoms with van der Waals surface area (Å²) in [4.78, 5) is 14.0. The number of rotatable bonds is 1. The minimum absolute atomic E-state index is 0.0793. The molecule has 0 spiro atoms. The van der Waals surface area contributed by atoms with Crippen molar-refractivity contribution >= 4 is 5.52 Å². The van der Waals surface area contributed by atoms with Crippen LogP contribution in [0.4, 0.5) is 0 Å². The number of nitrogens with one attached hydrogen (secondary N) is 1. The third-order valence-electron chi connectivity index (χ3n) is 2.22. The van der Waals surface area contributed by atoms with Crippen molar-refractivity contribution in [2.24, 2.45) is 0 Å². The molecule has 0 radical (unpaired) electrons. The summed E-state index contributed by atoms with van der Waals surface area (Å²) >= 11 is 0. The monoisotopic (exact) mass is 176 g/mol. The number of nitrogens with zero attached hydrogens (tertiary/aromatic N) is 1. The molecule has 0 amide bonds. The first-order valence-corrected chi connectivity index (χ1v) is 4.38. The van der Waals surface area contributed by atoms with Gasteiger partial charge in [0.25, 0.3) is 0 Å². The van der Waals surface area contributed by atoms with E-state index in [4.69, 9.17) is 0 Å². The number of aromatic nitrogens is 2. The third kappa shape index (κ3) is 1.26. The number of aromatic amines is 1. The average molecular weight is 176 g/mol. The summed E-state index contributed by atoms with van der Waals surface area (Å²) in [5, 5.41) is 0. The molecule has 68 valence electrons. The smallest absolute Gasteiger partial charge is 0.314 e. The van der Waals surface area contributed by atoms with Gasteiger partial charge in [-0.2, -0.15) is 0 Å². The minimum atomic E-state index is -0.0793. The molecule has 13 heavy (non-hydrogen) atoms. The van der Waals surface area contributed by atoms with Crippen LogP contribution in [0.1, 0.15) is 25.3 Å². The molecule has 0 saturated heterocycles. The molecule has 0 saturated carbocycles. The van der Waals surface area contributed by atoms with Crippen molar-refractivity contribution in [3.8, 4) is 0 Å². The Kier molecular flexibility index (Phi) is 1.72. The quantitative estimate of drug-likeness (QED) is 0.706. The van der Waals surface area contributed by atoms with Crippen LogP contribution in [0.15, 0.2) is 29.3 Å². The van der Waals surface area contributed by atoms with Crippen molar-refractivity contribution in [2.45, 2.75) is 19.8 Å². The average Bonchev–Trinajstić information content (AvgIpc) is 2.49. The SMILES string of the molecule is CC(C)c1cc2cc[nH]c(=O)n2c1. The van der Waals surface area contributed by atoms with Gasteiger partial charge in [0.05, 0.1) is 5.52 Å². The summed E-state index contributed by atoms with van der Waals surface area (Å²) in [6.45, 7) is 4.23. The maximum Gasteiger partial charge on any atom is 0.329 e. The molecule has 2 aromatic rings. The second-order valence-electron chi connectivity index (χ2n) is 3.51.